The zero-order valence-corrected chi connectivity index (χ0v) is 10.3. The number of carbonyl (C=O) groups is 1. The molecule has 4 nitrogen and oxygen atoms in total. The second-order valence-electron chi connectivity index (χ2n) is 3.56. The third-order valence-corrected chi connectivity index (χ3v) is 2.49. The zero-order chi connectivity index (χ0) is 13.0. The average Bonchev–Trinajstić information content (AvgIpc) is 2.86. The summed E-state index contributed by atoms with van der Waals surface area (Å²) >= 11 is 3.99. The molecule has 1 aromatic heterocycles. The van der Waals surface area contributed by atoms with Crippen molar-refractivity contribution in [1.82, 2.24) is 10.5 Å². The first-order chi connectivity index (χ1) is 8.70. The molecule has 0 aliphatic carbocycles. The minimum absolute atomic E-state index is 0.191. The largest absolute Gasteiger partial charge is 0.355 e. The maximum absolute atomic E-state index is 12.8. The molecule has 1 heterocycles. The minimum atomic E-state index is -0.329. The van der Waals surface area contributed by atoms with Crippen molar-refractivity contribution in [1.29, 1.82) is 0 Å². The molecule has 2 rings (SSSR count). The Hall–Kier alpha value is -1.82. The molecule has 6 heteroatoms. The Bertz CT molecular complexity index is 539. The first-order valence-corrected chi connectivity index (χ1v) is 5.95. The predicted molar refractivity (Wildman–Crippen MR) is 68.1 cm³/mol. The summed E-state index contributed by atoms with van der Waals surface area (Å²) in [5.74, 6) is 0.325. The lowest BCUT2D eigenvalue weighted by Crippen LogP contribution is -2.25. The van der Waals surface area contributed by atoms with Gasteiger partial charge < -0.3 is 9.84 Å². The highest BCUT2D eigenvalue weighted by atomic mass is 32.1. The molecule has 0 saturated heterocycles. The number of nitrogens with one attached hydrogen (secondary N) is 1. The zero-order valence-electron chi connectivity index (χ0n) is 9.39. The van der Waals surface area contributed by atoms with Crippen LogP contribution >= 0.6 is 12.6 Å². The molecule has 0 aliphatic heterocycles. The summed E-state index contributed by atoms with van der Waals surface area (Å²) in [7, 11) is 0. The summed E-state index contributed by atoms with van der Waals surface area (Å²) in [5, 5.41) is 6.29. The van der Waals surface area contributed by atoms with Crippen molar-refractivity contribution in [3.63, 3.8) is 0 Å². The van der Waals surface area contributed by atoms with Crippen LogP contribution in [-0.2, 0) is 0 Å². The van der Waals surface area contributed by atoms with E-state index >= 15 is 0 Å². The molecule has 0 spiro atoms. The van der Waals surface area contributed by atoms with E-state index in [4.69, 9.17) is 4.52 Å². The van der Waals surface area contributed by atoms with Crippen LogP contribution in [0.5, 0.6) is 0 Å². The Labute approximate surface area is 109 Å². The fourth-order valence-electron chi connectivity index (χ4n) is 1.39. The maximum atomic E-state index is 12.8. The average molecular weight is 266 g/mol. The molecule has 0 unspecified atom stereocenters. The van der Waals surface area contributed by atoms with Gasteiger partial charge in [0, 0.05) is 23.9 Å². The van der Waals surface area contributed by atoms with E-state index in [0.717, 1.165) is 0 Å². The summed E-state index contributed by atoms with van der Waals surface area (Å²) in [4.78, 5) is 11.6. The number of carbonyl (C=O) groups excluding carboxylic acids is 1. The van der Waals surface area contributed by atoms with Crippen molar-refractivity contribution in [2.45, 2.75) is 0 Å². The van der Waals surface area contributed by atoms with E-state index in [1.54, 1.807) is 12.1 Å². The van der Waals surface area contributed by atoms with Gasteiger partial charge >= 0.3 is 0 Å². The normalized spacial score (nSPS) is 10.3. The van der Waals surface area contributed by atoms with E-state index < -0.39 is 0 Å². The fraction of sp³-hybridized carbons (Fsp3) is 0.167. The molecule has 0 bridgehead atoms. The van der Waals surface area contributed by atoms with Gasteiger partial charge in [-0.05, 0) is 24.3 Å². The van der Waals surface area contributed by atoms with Gasteiger partial charge in [0.25, 0.3) is 5.91 Å². The van der Waals surface area contributed by atoms with Crippen LogP contribution in [0.1, 0.15) is 10.5 Å². The molecule has 1 N–H and O–H groups in total. The lowest BCUT2D eigenvalue weighted by Gasteiger charge is -1.97. The van der Waals surface area contributed by atoms with Gasteiger partial charge in [0.15, 0.2) is 11.5 Å². The highest BCUT2D eigenvalue weighted by molar-refractivity contribution is 7.80. The van der Waals surface area contributed by atoms with E-state index in [9.17, 15) is 9.18 Å². The van der Waals surface area contributed by atoms with E-state index in [-0.39, 0.29) is 17.4 Å². The Morgan fingerprint density at radius 2 is 2.11 bits per heavy atom. The molecule has 2 aromatic rings. The van der Waals surface area contributed by atoms with E-state index in [1.165, 1.54) is 18.2 Å². The Kier molecular flexibility index (Phi) is 3.99. The number of aromatic nitrogens is 1. The van der Waals surface area contributed by atoms with Gasteiger partial charge in [-0.25, -0.2) is 4.39 Å². The van der Waals surface area contributed by atoms with Gasteiger partial charge in [-0.3, -0.25) is 4.79 Å². The van der Waals surface area contributed by atoms with Gasteiger partial charge in [-0.1, -0.05) is 5.16 Å². The molecule has 0 atom stereocenters. The van der Waals surface area contributed by atoms with Crippen molar-refractivity contribution < 1.29 is 13.7 Å². The second kappa shape index (κ2) is 5.68. The number of amides is 1. The second-order valence-corrected chi connectivity index (χ2v) is 4.01. The lowest BCUT2D eigenvalue weighted by molar-refractivity contribution is 0.0947. The predicted octanol–water partition coefficient (Wildman–Crippen LogP) is 2.14. The van der Waals surface area contributed by atoms with Crippen molar-refractivity contribution in [3.05, 3.63) is 41.8 Å². The lowest BCUT2D eigenvalue weighted by atomic mass is 10.1. The molecule has 1 amide bonds. The molecule has 0 fully saturated rings. The first kappa shape index (κ1) is 12.6. The Morgan fingerprint density at radius 1 is 1.39 bits per heavy atom. The van der Waals surface area contributed by atoms with E-state index in [2.05, 4.69) is 23.1 Å². The summed E-state index contributed by atoms with van der Waals surface area (Å²) < 4.78 is 17.8. The highest BCUT2D eigenvalue weighted by Gasteiger charge is 2.12. The van der Waals surface area contributed by atoms with Gasteiger partial charge in [0.2, 0.25) is 0 Å². The Morgan fingerprint density at radius 3 is 2.78 bits per heavy atom. The van der Waals surface area contributed by atoms with Crippen molar-refractivity contribution in [2.24, 2.45) is 0 Å². The fourth-order valence-corrected chi connectivity index (χ4v) is 1.50. The molecular formula is C12H11FN2O2S. The third kappa shape index (κ3) is 2.89. The monoisotopic (exact) mass is 266 g/mol. The molecule has 0 saturated carbocycles. The standard InChI is InChI=1S/C12H11FN2O2S/c13-9-3-1-8(2-4-9)11-7-10(15-17-11)12(16)14-5-6-18/h1-4,7,18H,5-6H2,(H,14,16). The summed E-state index contributed by atoms with van der Waals surface area (Å²) in [5.41, 5.74) is 0.855. The van der Waals surface area contributed by atoms with Crippen LogP contribution in [-0.4, -0.2) is 23.4 Å². The van der Waals surface area contributed by atoms with Crippen molar-refractivity contribution in [3.8, 4) is 11.3 Å². The highest BCUT2D eigenvalue weighted by Crippen LogP contribution is 2.20. The molecule has 18 heavy (non-hydrogen) atoms. The topological polar surface area (TPSA) is 55.1 Å². The number of hydrogen-bond donors (Lipinski definition) is 2. The van der Waals surface area contributed by atoms with Gasteiger partial charge in [0.05, 0.1) is 0 Å². The number of rotatable bonds is 4. The molecule has 0 radical (unpaired) electrons. The smallest absolute Gasteiger partial charge is 0.273 e. The molecular weight excluding hydrogens is 255 g/mol. The van der Waals surface area contributed by atoms with Crippen LogP contribution in [0.15, 0.2) is 34.9 Å². The SMILES string of the molecule is O=C(NCCS)c1cc(-c2ccc(F)cc2)on1. The summed E-state index contributed by atoms with van der Waals surface area (Å²) in [6.07, 6.45) is 0. The Balaban J connectivity index is 2.15. The van der Waals surface area contributed by atoms with Crippen LogP contribution in [0.3, 0.4) is 0 Å². The number of halogens is 1. The minimum Gasteiger partial charge on any atom is -0.355 e. The van der Waals surface area contributed by atoms with Crippen molar-refractivity contribution >= 4 is 18.5 Å². The summed E-state index contributed by atoms with van der Waals surface area (Å²) in [6, 6.07) is 7.27. The number of thiol groups is 1. The van der Waals surface area contributed by atoms with Gasteiger partial charge in [-0.2, -0.15) is 12.6 Å². The maximum Gasteiger partial charge on any atom is 0.273 e. The first-order valence-electron chi connectivity index (χ1n) is 5.32. The van der Waals surface area contributed by atoms with E-state index in [1.807, 2.05) is 0 Å². The third-order valence-electron chi connectivity index (χ3n) is 2.27. The van der Waals surface area contributed by atoms with Crippen molar-refractivity contribution in [2.75, 3.05) is 12.3 Å². The van der Waals surface area contributed by atoms with Gasteiger partial charge in [0.1, 0.15) is 5.82 Å². The molecule has 94 valence electrons. The van der Waals surface area contributed by atoms with Crippen LogP contribution < -0.4 is 5.32 Å². The number of hydrogen-bond acceptors (Lipinski definition) is 4. The van der Waals surface area contributed by atoms with E-state index in [0.29, 0.717) is 23.6 Å². The molecule has 0 aliphatic rings. The molecule has 1 aromatic carbocycles. The quantitative estimate of drug-likeness (QED) is 0.834. The number of benzene rings is 1. The van der Waals surface area contributed by atoms with Gasteiger partial charge in [-0.15, -0.1) is 0 Å². The van der Waals surface area contributed by atoms with Crippen LogP contribution in [0.4, 0.5) is 4.39 Å². The number of nitrogens with zero attached hydrogens (tertiary/aromatic N) is 1. The van der Waals surface area contributed by atoms with Crippen LogP contribution in [0, 0.1) is 5.82 Å². The van der Waals surface area contributed by atoms with Crippen LogP contribution in [0.25, 0.3) is 11.3 Å². The van der Waals surface area contributed by atoms with Crippen LogP contribution in [0.2, 0.25) is 0 Å². The summed E-state index contributed by atoms with van der Waals surface area (Å²) in [6.45, 7) is 0.459.